The van der Waals surface area contributed by atoms with E-state index in [1.807, 2.05) is 0 Å². The van der Waals surface area contributed by atoms with Gasteiger partial charge in [0.2, 0.25) is 0 Å². The third-order valence-corrected chi connectivity index (χ3v) is 4.30. The van der Waals surface area contributed by atoms with Gasteiger partial charge in [0.05, 0.1) is 6.10 Å². The van der Waals surface area contributed by atoms with Crippen molar-refractivity contribution in [3.05, 3.63) is 11.6 Å². The smallest absolute Gasteiger partial charge is 0.0643 e. The van der Waals surface area contributed by atoms with Crippen LogP contribution in [0.15, 0.2) is 11.6 Å². The predicted octanol–water partition coefficient (Wildman–Crippen LogP) is 4.33. The predicted molar refractivity (Wildman–Crippen MR) is 68.5 cm³/mol. The van der Waals surface area contributed by atoms with Crippen LogP contribution in [0, 0.1) is 11.8 Å². The summed E-state index contributed by atoms with van der Waals surface area (Å²) >= 11 is 0. The molecule has 3 unspecified atom stereocenters. The summed E-state index contributed by atoms with van der Waals surface area (Å²) < 4.78 is 6.07. The zero-order valence-corrected chi connectivity index (χ0v) is 10.9. The Hall–Kier alpha value is -0.300. The van der Waals surface area contributed by atoms with Crippen LogP contribution in [0.2, 0.25) is 0 Å². The van der Waals surface area contributed by atoms with Gasteiger partial charge in [0.1, 0.15) is 0 Å². The molecule has 2 aliphatic rings. The van der Waals surface area contributed by atoms with Gasteiger partial charge in [0.25, 0.3) is 0 Å². The van der Waals surface area contributed by atoms with Crippen molar-refractivity contribution in [3.8, 4) is 0 Å². The molecule has 2 aliphatic carbocycles. The highest BCUT2D eigenvalue weighted by atomic mass is 16.5. The van der Waals surface area contributed by atoms with Gasteiger partial charge in [-0.15, -0.1) is 0 Å². The summed E-state index contributed by atoms with van der Waals surface area (Å²) in [5.74, 6) is 1.72. The van der Waals surface area contributed by atoms with E-state index in [1.165, 1.54) is 44.9 Å². The summed E-state index contributed by atoms with van der Waals surface area (Å²) in [4.78, 5) is 0. The third-order valence-electron chi connectivity index (χ3n) is 4.30. The highest BCUT2D eigenvalue weighted by molar-refractivity contribution is 5.18. The van der Waals surface area contributed by atoms with E-state index in [1.54, 1.807) is 5.57 Å². The average Bonchev–Trinajstić information content (AvgIpc) is 2.87. The zero-order valence-electron chi connectivity index (χ0n) is 10.9. The Balaban J connectivity index is 1.68. The molecule has 2 fully saturated rings. The van der Waals surface area contributed by atoms with Crippen LogP contribution in [0.5, 0.6) is 0 Å². The van der Waals surface area contributed by atoms with Crippen molar-refractivity contribution >= 4 is 0 Å². The van der Waals surface area contributed by atoms with Gasteiger partial charge in [-0.05, 0) is 38.5 Å². The van der Waals surface area contributed by atoms with Crippen molar-refractivity contribution in [1.29, 1.82) is 0 Å². The van der Waals surface area contributed by atoms with E-state index in [-0.39, 0.29) is 0 Å². The SMILES string of the molecule is CC=C1CC2CC(OCCCCCC)C1C2. The van der Waals surface area contributed by atoms with Gasteiger partial charge in [-0.3, -0.25) is 0 Å². The van der Waals surface area contributed by atoms with Crippen molar-refractivity contribution in [2.45, 2.75) is 64.9 Å². The van der Waals surface area contributed by atoms with Crippen LogP contribution >= 0.6 is 0 Å². The Bertz CT molecular complexity index is 244. The lowest BCUT2D eigenvalue weighted by atomic mass is 9.92. The fraction of sp³-hybridized carbons (Fsp3) is 0.867. The van der Waals surface area contributed by atoms with Crippen LogP contribution in [0.4, 0.5) is 0 Å². The quantitative estimate of drug-likeness (QED) is 0.480. The van der Waals surface area contributed by atoms with Crippen LogP contribution in [-0.2, 0) is 4.74 Å². The molecule has 92 valence electrons. The first kappa shape index (κ1) is 12.2. The molecule has 2 rings (SSSR count). The lowest BCUT2D eigenvalue weighted by Gasteiger charge is -2.24. The molecule has 2 saturated carbocycles. The fourth-order valence-corrected chi connectivity index (χ4v) is 3.42. The Labute approximate surface area is 100 Å². The number of unbranched alkanes of at least 4 members (excludes halogenated alkanes) is 3. The molecular formula is C15H26O. The van der Waals surface area contributed by atoms with E-state index in [0.717, 1.165) is 18.4 Å². The molecule has 0 saturated heterocycles. The fourth-order valence-electron chi connectivity index (χ4n) is 3.42. The molecule has 0 radical (unpaired) electrons. The second-order valence-corrected chi connectivity index (χ2v) is 5.48. The van der Waals surface area contributed by atoms with Crippen molar-refractivity contribution in [2.75, 3.05) is 6.61 Å². The minimum atomic E-state index is 0.562. The number of hydrogen-bond acceptors (Lipinski definition) is 1. The van der Waals surface area contributed by atoms with E-state index in [0.29, 0.717) is 6.10 Å². The van der Waals surface area contributed by atoms with Crippen LogP contribution < -0.4 is 0 Å². The van der Waals surface area contributed by atoms with E-state index in [2.05, 4.69) is 19.9 Å². The molecular weight excluding hydrogens is 196 g/mol. The molecule has 0 amide bonds. The first-order valence-electron chi connectivity index (χ1n) is 7.11. The molecule has 0 aromatic rings. The topological polar surface area (TPSA) is 9.23 Å². The second-order valence-electron chi connectivity index (χ2n) is 5.48. The first-order chi connectivity index (χ1) is 7.85. The molecule has 1 heteroatoms. The molecule has 16 heavy (non-hydrogen) atoms. The third kappa shape index (κ3) is 2.68. The monoisotopic (exact) mass is 222 g/mol. The van der Waals surface area contributed by atoms with Gasteiger partial charge in [-0.1, -0.05) is 37.8 Å². The van der Waals surface area contributed by atoms with E-state index >= 15 is 0 Å². The molecule has 2 bridgehead atoms. The van der Waals surface area contributed by atoms with E-state index in [9.17, 15) is 0 Å². The summed E-state index contributed by atoms with van der Waals surface area (Å²) in [5, 5.41) is 0. The minimum absolute atomic E-state index is 0.562. The van der Waals surface area contributed by atoms with Gasteiger partial charge in [0, 0.05) is 12.5 Å². The summed E-state index contributed by atoms with van der Waals surface area (Å²) in [5.41, 5.74) is 1.68. The van der Waals surface area contributed by atoms with Gasteiger partial charge in [0.15, 0.2) is 0 Å². The molecule has 0 heterocycles. The Kier molecular flexibility index (Phi) is 4.45. The van der Waals surface area contributed by atoms with Crippen molar-refractivity contribution in [2.24, 2.45) is 11.8 Å². The Morgan fingerprint density at radius 2 is 2.12 bits per heavy atom. The average molecular weight is 222 g/mol. The lowest BCUT2D eigenvalue weighted by molar-refractivity contribution is 0.0273. The molecule has 0 aliphatic heterocycles. The maximum Gasteiger partial charge on any atom is 0.0643 e. The number of hydrogen-bond donors (Lipinski definition) is 0. The van der Waals surface area contributed by atoms with Gasteiger partial charge < -0.3 is 4.74 Å². The van der Waals surface area contributed by atoms with Gasteiger partial charge >= 0.3 is 0 Å². The highest BCUT2D eigenvalue weighted by Gasteiger charge is 2.42. The summed E-state index contributed by atoms with van der Waals surface area (Å²) in [6.07, 6.45) is 12.3. The van der Waals surface area contributed by atoms with Gasteiger partial charge in [-0.25, -0.2) is 0 Å². The maximum absolute atomic E-state index is 6.07. The first-order valence-corrected chi connectivity index (χ1v) is 7.11. The maximum atomic E-state index is 6.07. The van der Waals surface area contributed by atoms with Crippen LogP contribution in [-0.4, -0.2) is 12.7 Å². The number of allylic oxidation sites excluding steroid dienone is 1. The standard InChI is InChI=1S/C15H26O/c1-3-5-6-7-8-16-15-11-12-9-13(4-2)14(15)10-12/h4,12,14-15H,3,5-11H2,1-2H3. The van der Waals surface area contributed by atoms with Crippen molar-refractivity contribution < 1.29 is 4.74 Å². The van der Waals surface area contributed by atoms with Crippen LogP contribution in [0.1, 0.15) is 58.8 Å². The highest BCUT2D eigenvalue weighted by Crippen LogP contribution is 2.49. The largest absolute Gasteiger partial charge is 0.378 e. The second kappa shape index (κ2) is 5.86. The van der Waals surface area contributed by atoms with E-state index in [4.69, 9.17) is 4.74 Å². The number of ether oxygens (including phenoxy) is 1. The molecule has 1 nitrogen and oxygen atoms in total. The van der Waals surface area contributed by atoms with Crippen molar-refractivity contribution in [1.82, 2.24) is 0 Å². The summed E-state index contributed by atoms with van der Waals surface area (Å²) in [7, 11) is 0. The lowest BCUT2D eigenvalue weighted by Crippen LogP contribution is -2.22. The number of fused-ring (bicyclic) bond motifs is 2. The zero-order chi connectivity index (χ0) is 11.4. The normalized spacial score (nSPS) is 35.1. The Morgan fingerprint density at radius 1 is 1.25 bits per heavy atom. The van der Waals surface area contributed by atoms with Crippen LogP contribution in [0.25, 0.3) is 0 Å². The number of rotatable bonds is 6. The summed E-state index contributed by atoms with van der Waals surface area (Å²) in [6, 6.07) is 0. The molecule has 0 aromatic carbocycles. The van der Waals surface area contributed by atoms with Gasteiger partial charge in [-0.2, -0.15) is 0 Å². The molecule has 3 atom stereocenters. The molecule has 0 spiro atoms. The summed E-state index contributed by atoms with van der Waals surface area (Å²) in [6.45, 7) is 5.44. The van der Waals surface area contributed by atoms with E-state index < -0.39 is 0 Å². The minimum Gasteiger partial charge on any atom is -0.378 e. The van der Waals surface area contributed by atoms with Crippen molar-refractivity contribution in [3.63, 3.8) is 0 Å². The Morgan fingerprint density at radius 3 is 2.81 bits per heavy atom. The molecule has 0 aromatic heterocycles. The van der Waals surface area contributed by atoms with Crippen LogP contribution in [0.3, 0.4) is 0 Å². The molecule has 0 N–H and O–H groups in total.